The van der Waals surface area contributed by atoms with E-state index < -0.39 is 0 Å². The van der Waals surface area contributed by atoms with Crippen LogP contribution in [0.2, 0.25) is 0 Å². The third kappa shape index (κ3) is 3.11. The summed E-state index contributed by atoms with van der Waals surface area (Å²) in [7, 11) is 0. The van der Waals surface area contributed by atoms with Crippen LogP contribution < -0.4 is 0 Å². The molecule has 1 aromatic rings. The molecule has 0 heterocycles. The van der Waals surface area contributed by atoms with Crippen LogP contribution in [0.3, 0.4) is 0 Å². The minimum absolute atomic E-state index is 0.0643. The third-order valence-corrected chi connectivity index (χ3v) is 2.20. The Morgan fingerprint density at radius 1 is 1.29 bits per heavy atom. The van der Waals surface area contributed by atoms with Gasteiger partial charge in [0.15, 0.2) is 5.78 Å². The fourth-order valence-electron chi connectivity index (χ4n) is 1.22. The van der Waals surface area contributed by atoms with E-state index in [9.17, 15) is 4.79 Å². The van der Waals surface area contributed by atoms with Gasteiger partial charge in [-0.15, -0.1) is 0 Å². The highest BCUT2D eigenvalue weighted by atomic mass is 79.9. The first kappa shape index (κ1) is 11.2. The highest BCUT2D eigenvalue weighted by Crippen LogP contribution is 2.16. The minimum atomic E-state index is 0.0643. The van der Waals surface area contributed by atoms with Crippen molar-refractivity contribution in [2.24, 2.45) is 0 Å². The maximum Gasteiger partial charge on any atom is 0.185 e. The lowest BCUT2D eigenvalue weighted by Gasteiger charge is -2.00. The Morgan fingerprint density at radius 2 is 1.93 bits per heavy atom. The molecule has 0 bridgehead atoms. The number of hydrogen-bond donors (Lipinski definition) is 0. The summed E-state index contributed by atoms with van der Waals surface area (Å²) < 4.78 is 0.947. The smallest absolute Gasteiger partial charge is 0.185 e. The molecule has 1 rings (SSSR count). The van der Waals surface area contributed by atoms with Crippen LogP contribution in [0.25, 0.3) is 0 Å². The molecule has 0 aliphatic heterocycles. The average molecular weight is 253 g/mol. The van der Waals surface area contributed by atoms with Gasteiger partial charge in [-0.1, -0.05) is 21.5 Å². The van der Waals surface area contributed by atoms with Gasteiger partial charge in [0.2, 0.25) is 0 Å². The molecule has 74 valence electrons. The maximum absolute atomic E-state index is 11.7. The van der Waals surface area contributed by atoms with Gasteiger partial charge in [-0.2, -0.15) is 0 Å². The topological polar surface area (TPSA) is 17.1 Å². The first-order chi connectivity index (χ1) is 6.49. The largest absolute Gasteiger partial charge is 0.289 e. The average Bonchev–Trinajstić information content (AvgIpc) is 2.00. The highest BCUT2D eigenvalue weighted by molar-refractivity contribution is 9.10. The van der Waals surface area contributed by atoms with Crippen LogP contribution in [0.15, 0.2) is 34.3 Å². The summed E-state index contributed by atoms with van der Waals surface area (Å²) in [5, 5.41) is 0. The highest BCUT2D eigenvalue weighted by Gasteiger charge is 2.03. The summed E-state index contributed by atoms with van der Waals surface area (Å²) in [4.78, 5) is 11.7. The molecule has 0 spiro atoms. The monoisotopic (exact) mass is 252 g/mol. The maximum atomic E-state index is 11.7. The van der Waals surface area contributed by atoms with Crippen LogP contribution in [0.4, 0.5) is 0 Å². The van der Waals surface area contributed by atoms with Crippen LogP contribution in [0, 0.1) is 6.92 Å². The van der Waals surface area contributed by atoms with Gasteiger partial charge in [0.25, 0.3) is 0 Å². The lowest BCUT2D eigenvalue weighted by atomic mass is 10.1. The molecule has 1 nitrogen and oxygen atoms in total. The van der Waals surface area contributed by atoms with Crippen LogP contribution in [-0.4, -0.2) is 5.78 Å². The fraction of sp³-hybridized carbons (Fsp3) is 0.250. The number of halogens is 1. The van der Waals surface area contributed by atoms with Crippen molar-refractivity contribution in [3.05, 3.63) is 45.4 Å². The Morgan fingerprint density at radius 3 is 2.43 bits per heavy atom. The zero-order valence-electron chi connectivity index (χ0n) is 8.60. The van der Waals surface area contributed by atoms with Crippen LogP contribution >= 0.6 is 15.9 Å². The van der Waals surface area contributed by atoms with Gasteiger partial charge in [-0.05, 0) is 50.6 Å². The molecular formula is C12H13BrO. The summed E-state index contributed by atoms with van der Waals surface area (Å²) in [5.74, 6) is 0.0643. The second kappa shape index (κ2) is 4.56. The minimum Gasteiger partial charge on any atom is -0.289 e. The quantitative estimate of drug-likeness (QED) is 0.577. The van der Waals surface area contributed by atoms with Gasteiger partial charge in [-0.3, -0.25) is 4.79 Å². The molecule has 14 heavy (non-hydrogen) atoms. The summed E-state index contributed by atoms with van der Waals surface area (Å²) in [5.41, 5.74) is 2.84. The van der Waals surface area contributed by atoms with Gasteiger partial charge in [-0.25, -0.2) is 0 Å². The Hall–Kier alpha value is -0.890. The number of carbonyl (C=O) groups is 1. The lowest BCUT2D eigenvalue weighted by Crippen LogP contribution is -1.95. The molecule has 0 amide bonds. The molecule has 1 aromatic carbocycles. The van der Waals surface area contributed by atoms with E-state index in [4.69, 9.17) is 0 Å². The van der Waals surface area contributed by atoms with E-state index in [1.807, 2.05) is 39.0 Å². The fourth-order valence-corrected chi connectivity index (χ4v) is 1.83. The van der Waals surface area contributed by atoms with Gasteiger partial charge >= 0.3 is 0 Å². The number of allylic oxidation sites excluding steroid dienone is 2. The van der Waals surface area contributed by atoms with E-state index in [0.29, 0.717) is 0 Å². The molecule has 0 unspecified atom stereocenters. The second-order valence-electron chi connectivity index (χ2n) is 3.60. The number of hydrogen-bond acceptors (Lipinski definition) is 1. The Balaban J connectivity index is 3.08. The predicted octanol–water partition coefficient (Wildman–Crippen LogP) is 3.91. The predicted molar refractivity (Wildman–Crippen MR) is 62.6 cm³/mol. The van der Waals surface area contributed by atoms with Gasteiger partial charge in [0.05, 0.1) is 0 Å². The first-order valence-corrected chi connectivity index (χ1v) is 5.25. The van der Waals surface area contributed by atoms with E-state index >= 15 is 0 Å². The van der Waals surface area contributed by atoms with E-state index in [-0.39, 0.29) is 5.78 Å². The molecule has 0 aliphatic rings. The number of carbonyl (C=O) groups excluding carboxylic acids is 1. The molecule has 0 saturated heterocycles. The number of aryl methyl sites for hydroxylation is 1. The zero-order chi connectivity index (χ0) is 10.7. The molecule has 0 atom stereocenters. The van der Waals surface area contributed by atoms with E-state index in [2.05, 4.69) is 15.9 Å². The first-order valence-electron chi connectivity index (χ1n) is 4.45. The Kier molecular flexibility index (Phi) is 3.64. The SMILES string of the molecule is CC(C)=CC(=O)c1cc(C)cc(Br)c1. The molecule has 0 radical (unpaired) electrons. The third-order valence-electron chi connectivity index (χ3n) is 1.75. The van der Waals surface area contributed by atoms with Crippen LogP contribution in [0.5, 0.6) is 0 Å². The molecule has 0 saturated carbocycles. The summed E-state index contributed by atoms with van der Waals surface area (Å²) in [6, 6.07) is 5.72. The van der Waals surface area contributed by atoms with E-state index in [0.717, 1.165) is 21.2 Å². The van der Waals surface area contributed by atoms with E-state index in [1.54, 1.807) is 6.08 Å². The van der Waals surface area contributed by atoms with Crippen molar-refractivity contribution in [1.29, 1.82) is 0 Å². The molecule has 0 N–H and O–H groups in total. The van der Waals surface area contributed by atoms with Crippen molar-refractivity contribution in [2.45, 2.75) is 20.8 Å². The van der Waals surface area contributed by atoms with Gasteiger partial charge in [0, 0.05) is 10.0 Å². The van der Waals surface area contributed by atoms with Crippen LogP contribution in [-0.2, 0) is 0 Å². The molecule has 0 aliphatic carbocycles. The number of ketones is 1. The van der Waals surface area contributed by atoms with E-state index in [1.165, 1.54) is 0 Å². The van der Waals surface area contributed by atoms with Gasteiger partial charge < -0.3 is 0 Å². The van der Waals surface area contributed by atoms with Crippen molar-refractivity contribution in [1.82, 2.24) is 0 Å². The summed E-state index contributed by atoms with van der Waals surface area (Å²) >= 11 is 3.37. The summed E-state index contributed by atoms with van der Waals surface area (Å²) in [6.45, 7) is 5.82. The second-order valence-corrected chi connectivity index (χ2v) is 4.52. The van der Waals surface area contributed by atoms with Crippen molar-refractivity contribution < 1.29 is 4.79 Å². The number of rotatable bonds is 2. The lowest BCUT2D eigenvalue weighted by molar-refractivity contribution is 0.104. The van der Waals surface area contributed by atoms with Gasteiger partial charge in [0.1, 0.15) is 0 Å². The standard InChI is InChI=1S/C12H13BrO/c1-8(2)4-12(14)10-5-9(3)6-11(13)7-10/h4-7H,1-3H3. The van der Waals surface area contributed by atoms with Crippen molar-refractivity contribution >= 4 is 21.7 Å². The van der Waals surface area contributed by atoms with Crippen molar-refractivity contribution in [3.63, 3.8) is 0 Å². The Bertz CT molecular complexity index is 367. The zero-order valence-corrected chi connectivity index (χ0v) is 10.2. The normalized spacial score (nSPS) is 9.71. The molecular weight excluding hydrogens is 240 g/mol. The molecule has 0 fully saturated rings. The number of benzene rings is 1. The molecule has 0 aromatic heterocycles. The summed E-state index contributed by atoms with van der Waals surface area (Å²) in [6.07, 6.45) is 1.65. The van der Waals surface area contributed by atoms with Crippen LogP contribution in [0.1, 0.15) is 29.8 Å². The van der Waals surface area contributed by atoms with Crippen molar-refractivity contribution in [2.75, 3.05) is 0 Å². The molecule has 2 heteroatoms. The van der Waals surface area contributed by atoms with Crippen molar-refractivity contribution in [3.8, 4) is 0 Å². The Labute approximate surface area is 93.0 Å².